The first-order chi connectivity index (χ1) is 8.62. The Morgan fingerprint density at radius 3 is 2.17 bits per heavy atom. The monoisotopic (exact) mass is 272 g/mol. The van der Waals surface area contributed by atoms with E-state index in [-0.39, 0.29) is 18.0 Å². The Labute approximate surface area is 112 Å². The van der Waals surface area contributed by atoms with E-state index >= 15 is 0 Å². The number of ether oxygens (including phenoxy) is 1. The minimum atomic E-state index is -1.61. The summed E-state index contributed by atoms with van der Waals surface area (Å²) >= 11 is 0. The highest BCUT2D eigenvalue weighted by molar-refractivity contribution is 6.73. The van der Waals surface area contributed by atoms with Crippen LogP contribution in [0, 0.1) is 5.92 Å². The van der Waals surface area contributed by atoms with E-state index in [0.29, 0.717) is 0 Å². The molecule has 0 aromatic carbocycles. The molecule has 0 heterocycles. The molecule has 106 valence electrons. The van der Waals surface area contributed by atoms with Crippen LogP contribution >= 0.6 is 0 Å². The third-order valence-electron chi connectivity index (χ3n) is 4.54. The molecule has 0 aliphatic heterocycles. The van der Waals surface area contributed by atoms with Crippen LogP contribution in [0.4, 0.5) is 0 Å². The molecule has 2 atom stereocenters. The molecular weight excluding hydrogens is 244 g/mol. The van der Waals surface area contributed by atoms with Crippen molar-refractivity contribution in [3.05, 3.63) is 0 Å². The van der Waals surface area contributed by atoms with Crippen LogP contribution in [0.25, 0.3) is 0 Å². The van der Waals surface area contributed by atoms with Gasteiger partial charge in [0.15, 0.2) is 8.32 Å². The second-order valence-corrected chi connectivity index (χ2v) is 10.0. The lowest BCUT2D eigenvalue weighted by atomic mass is 9.87. The fraction of sp³-hybridized carbons (Fsp3) is 0.929. The Hall–Kier alpha value is -0.353. The topological polar surface area (TPSA) is 35.5 Å². The molecule has 0 bridgehead atoms. The SMILES string of the molecule is CC[Si](CC)(CC)O[C@H]1CCCC[C@@H]1C(=O)OC. The summed E-state index contributed by atoms with van der Waals surface area (Å²) in [6.45, 7) is 6.69. The molecule has 0 aromatic heterocycles. The molecule has 1 rings (SSSR count). The second-order valence-electron chi connectivity index (χ2n) is 5.31. The van der Waals surface area contributed by atoms with E-state index in [1.807, 2.05) is 0 Å². The van der Waals surface area contributed by atoms with Crippen molar-refractivity contribution in [1.29, 1.82) is 0 Å². The second kappa shape index (κ2) is 7.29. The van der Waals surface area contributed by atoms with E-state index in [0.717, 1.165) is 37.4 Å². The molecule has 18 heavy (non-hydrogen) atoms. The first kappa shape index (κ1) is 15.7. The van der Waals surface area contributed by atoms with Crippen molar-refractivity contribution < 1.29 is 14.0 Å². The zero-order valence-electron chi connectivity index (χ0n) is 12.3. The molecule has 4 heteroatoms. The molecule has 0 radical (unpaired) electrons. The molecule has 1 fully saturated rings. The lowest BCUT2D eigenvalue weighted by molar-refractivity contribution is -0.150. The Balaban J connectivity index is 2.74. The summed E-state index contributed by atoms with van der Waals surface area (Å²) in [7, 11) is -0.129. The molecule has 1 saturated carbocycles. The predicted molar refractivity (Wildman–Crippen MR) is 76.0 cm³/mol. The molecule has 0 unspecified atom stereocenters. The molecule has 3 nitrogen and oxygen atoms in total. The lowest BCUT2D eigenvalue weighted by Gasteiger charge is -2.38. The Morgan fingerprint density at radius 2 is 1.67 bits per heavy atom. The molecule has 1 aliphatic carbocycles. The van der Waals surface area contributed by atoms with Crippen molar-refractivity contribution in [1.82, 2.24) is 0 Å². The van der Waals surface area contributed by atoms with Crippen molar-refractivity contribution in [2.24, 2.45) is 5.92 Å². The predicted octanol–water partition coefficient (Wildman–Crippen LogP) is 3.74. The van der Waals surface area contributed by atoms with Gasteiger partial charge in [0, 0.05) is 0 Å². The summed E-state index contributed by atoms with van der Waals surface area (Å²) in [6, 6.07) is 3.43. The van der Waals surface area contributed by atoms with E-state index in [4.69, 9.17) is 9.16 Å². The fourth-order valence-electron chi connectivity index (χ4n) is 2.98. The quantitative estimate of drug-likeness (QED) is 0.546. The Morgan fingerprint density at radius 1 is 1.11 bits per heavy atom. The highest BCUT2D eigenvalue weighted by Gasteiger charge is 2.39. The number of hydrogen-bond acceptors (Lipinski definition) is 3. The Kier molecular flexibility index (Phi) is 6.36. The number of carbonyl (C=O) groups excluding carboxylic acids is 1. The average Bonchev–Trinajstić information content (AvgIpc) is 2.44. The van der Waals surface area contributed by atoms with Gasteiger partial charge in [0.1, 0.15) is 0 Å². The van der Waals surface area contributed by atoms with Gasteiger partial charge in [0.25, 0.3) is 0 Å². The zero-order chi connectivity index (χ0) is 13.6. The Bertz CT molecular complexity index is 256. The third kappa shape index (κ3) is 3.57. The minimum Gasteiger partial charge on any atom is -0.469 e. The summed E-state index contributed by atoms with van der Waals surface area (Å²) in [4.78, 5) is 11.8. The molecule has 0 amide bonds. The van der Waals surface area contributed by atoms with Crippen LogP contribution < -0.4 is 0 Å². The standard InChI is InChI=1S/C14H28O3Si/c1-5-18(6-2,7-3)17-13-11-9-8-10-12(13)14(15)16-4/h12-13H,5-11H2,1-4H3/t12-,13-/m0/s1. The van der Waals surface area contributed by atoms with Crippen LogP contribution in [0.3, 0.4) is 0 Å². The van der Waals surface area contributed by atoms with Crippen molar-refractivity contribution in [2.75, 3.05) is 7.11 Å². The highest BCUT2D eigenvalue weighted by Crippen LogP contribution is 2.33. The smallest absolute Gasteiger partial charge is 0.311 e. The van der Waals surface area contributed by atoms with Gasteiger partial charge in [0.05, 0.1) is 19.1 Å². The maximum atomic E-state index is 11.8. The van der Waals surface area contributed by atoms with Gasteiger partial charge >= 0.3 is 5.97 Å². The highest BCUT2D eigenvalue weighted by atomic mass is 28.4. The number of hydrogen-bond donors (Lipinski definition) is 0. The first-order valence-electron chi connectivity index (χ1n) is 7.38. The molecule has 1 aliphatic rings. The van der Waals surface area contributed by atoms with E-state index in [9.17, 15) is 4.79 Å². The van der Waals surface area contributed by atoms with Crippen LogP contribution in [0.2, 0.25) is 18.1 Å². The summed E-state index contributed by atoms with van der Waals surface area (Å²) in [5, 5.41) is 0. The van der Waals surface area contributed by atoms with Gasteiger partial charge < -0.3 is 9.16 Å². The number of esters is 1. The molecule has 0 spiro atoms. The summed E-state index contributed by atoms with van der Waals surface area (Å²) < 4.78 is 11.4. The van der Waals surface area contributed by atoms with Crippen LogP contribution in [-0.4, -0.2) is 27.5 Å². The number of carbonyl (C=O) groups is 1. The van der Waals surface area contributed by atoms with Gasteiger partial charge in [-0.3, -0.25) is 4.79 Å². The van der Waals surface area contributed by atoms with Crippen LogP contribution in [-0.2, 0) is 14.0 Å². The van der Waals surface area contributed by atoms with Crippen molar-refractivity contribution in [3.8, 4) is 0 Å². The van der Waals surface area contributed by atoms with E-state index in [1.54, 1.807) is 0 Å². The van der Waals surface area contributed by atoms with Crippen molar-refractivity contribution >= 4 is 14.3 Å². The van der Waals surface area contributed by atoms with Crippen LogP contribution in [0.5, 0.6) is 0 Å². The van der Waals surface area contributed by atoms with E-state index < -0.39 is 8.32 Å². The molecule has 0 saturated heterocycles. The van der Waals surface area contributed by atoms with Crippen molar-refractivity contribution in [3.63, 3.8) is 0 Å². The number of methoxy groups -OCH3 is 1. The first-order valence-corrected chi connectivity index (χ1v) is 9.91. The van der Waals surface area contributed by atoms with Gasteiger partial charge in [-0.05, 0) is 31.0 Å². The molecular formula is C14H28O3Si. The van der Waals surface area contributed by atoms with Gasteiger partial charge in [0.2, 0.25) is 0 Å². The average molecular weight is 272 g/mol. The van der Waals surface area contributed by atoms with Gasteiger partial charge in [-0.2, -0.15) is 0 Å². The summed E-state index contributed by atoms with van der Waals surface area (Å²) in [5.74, 6) is -0.105. The van der Waals surface area contributed by atoms with Gasteiger partial charge in [-0.1, -0.05) is 33.6 Å². The summed E-state index contributed by atoms with van der Waals surface area (Å²) in [5.41, 5.74) is 0. The number of rotatable bonds is 6. The van der Waals surface area contributed by atoms with Crippen LogP contribution in [0.1, 0.15) is 46.5 Å². The maximum absolute atomic E-state index is 11.8. The largest absolute Gasteiger partial charge is 0.469 e. The minimum absolute atomic E-state index is 0.0275. The third-order valence-corrected chi connectivity index (χ3v) is 9.21. The molecule has 0 N–H and O–H groups in total. The summed E-state index contributed by atoms with van der Waals surface area (Å²) in [6.07, 6.45) is 4.36. The van der Waals surface area contributed by atoms with E-state index in [1.165, 1.54) is 13.5 Å². The van der Waals surface area contributed by atoms with Crippen LogP contribution in [0.15, 0.2) is 0 Å². The normalized spacial score (nSPS) is 24.9. The van der Waals surface area contributed by atoms with Crippen molar-refractivity contribution in [2.45, 2.75) is 70.7 Å². The van der Waals surface area contributed by atoms with E-state index in [2.05, 4.69) is 20.8 Å². The van der Waals surface area contributed by atoms with Gasteiger partial charge in [-0.15, -0.1) is 0 Å². The fourth-order valence-corrected chi connectivity index (χ4v) is 5.90. The van der Waals surface area contributed by atoms with Gasteiger partial charge in [-0.25, -0.2) is 0 Å². The molecule has 0 aromatic rings. The zero-order valence-corrected chi connectivity index (χ0v) is 13.3. The lowest BCUT2D eigenvalue weighted by Crippen LogP contribution is -2.45. The maximum Gasteiger partial charge on any atom is 0.311 e.